The number of phosphoric acid groups is 2. The van der Waals surface area contributed by atoms with Crippen LogP contribution in [0.2, 0.25) is 0 Å². The van der Waals surface area contributed by atoms with E-state index in [1.807, 2.05) is 0 Å². The Labute approximate surface area is 575 Å². The van der Waals surface area contributed by atoms with Gasteiger partial charge in [-0.15, -0.1) is 0 Å². The number of ether oxygens (including phenoxy) is 4. The molecule has 0 saturated heterocycles. The lowest BCUT2D eigenvalue weighted by molar-refractivity contribution is -0.161. The summed E-state index contributed by atoms with van der Waals surface area (Å²) in [6, 6.07) is 0. The Bertz CT molecular complexity index is 1820. The van der Waals surface area contributed by atoms with Gasteiger partial charge in [-0.05, 0) is 37.5 Å². The number of carbonyl (C=O) groups is 4. The van der Waals surface area contributed by atoms with Crippen molar-refractivity contribution < 1.29 is 80.2 Å². The van der Waals surface area contributed by atoms with E-state index in [0.29, 0.717) is 25.7 Å². The number of unbranched alkanes of at least 4 members (excludes halogenated alkanes) is 44. The summed E-state index contributed by atoms with van der Waals surface area (Å²) in [4.78, 5) is 72.7. The standard InChI is InChI=1S/C75H146O17P2/c1-7-9-11-13-15-17-18-19-20-21-22-23-24-29-35-41-47-53-59-74(79)92-71(64-86-73(78)58-52-46-40-34-30-25-27-32-37-43-49-55-67(3)4)66-90-94(83,84)88-62-69(76)61-87-93(81,82)89-65-70(63-85-72(77)57-51-45-39-16-14-12-10-8-2)91-75(80)60-54-48-42-36-31-26-28-33-38-44-50-56-68(5)6/h67-71,76H,7-66H2,1-6H3,(H,81,82)(H,83,84)/t69-,70+,71+/m0/s1. The van der Waals surface area contributed by atoms with Gasteiger partial charge in [0.05, 0.1) is 26.4 Å². The van der Waals surface area contributed by atoms with Gasteiger partial charge >= 0.3 is 39.5 Å². The SMILES string of the molecule is CCCCCCCCCCCCCCCCCCCCC(=O)O[C@H](COC(=O)CCCCCCCCCCCCCC(C)C)COP(=O)(O)OC[C@@H](O)COP(=O)(O)OC[C@@H](COC(=O)CCCCCCCCCC)OC(=O)CCCCCCCCCCCCCC(C)C. The summed E-state index contributed by atoms with van der Waals surface area (Å²) < 4.78 is 68.4. The molecule has 0 radical (unpaired) electrons. The van der Waals surface area contributed by atoms with Crippen molar-refractivity contribution in [1.82, 2.24) is 0 Å². The Morgan fingerprint density at radius 1 is 0.287 bits per heavy atom. The Morgan fingerprint density at radius 2 is 0.489 bits per heavy atom. The molecule has 0 aliphatic rings. The minimum absolute atomic E-state index is 0.106. The summed E-state index contributed by atoms with van der Waals surface area (Å²) in [6.45, 7) is 9.57. The fourth-order valence-electron chi connectivity index (χ4n) is 11.5. The van der Waals surface area contributed by atoms with Gasteiger partial charge in [-0.3, -0.25) is 37.3 Å². The third-order valence-corrected chi connectivity index (χ3v) is 19.4. The molecule has 0 rings (SSSR count). The average molecular weight is 1380 g/mol. The molecule has 0 aliphatic carbocycles. The lowest BCUT2D eigenvalue weighted by Crippen LogP contribution is -2.30. The zero-order valence-corrected chi connectivity index (χ0v) is 63.1. The Hall–Kier alpha value is -1.94. The second-order valence-electron chi connectivity index (χ2n) is 28.0. The molecule has 0 spiro atoms. The molecule has 0 saturated carbocycles. The molecule has 2 unspecified atom stereocenters. The highest BCUT2D eigenvalue weighted by atomic mass is 31.2. The second kappa shape index (κ2) is 66.9. The summed E-state index contributed by atoms with van der Waals surface area (Å²) >= 11 is 0. The van der Waals surface area contributed by atoms with Crippen LogP contribution in [0, 0.1) is 11.8 Å². The van der Waals surface area contributed by atoms with Crippen molar-refractivity contribution in [2.45, 2.75) is 407 Å². The van der Waals surface area contributed by atoms with E-state index in [4.69, 9.17) is 37.0 Å². The van der Waals surface area contributed by atoms with Crippen molar-refractivity contribution in [3.8, 4) is 0 Å². The van der Waals surface area contributed by atoms with E-state index in [0.717, 1.165) is 108 Å². The fourth-order valence-corrected chi connectivity index (χ4v) is 13.1. The van der Waals surface area contributed by atoms with Crippen LogP contribution >= 0.6 is 15.6 Å². The molecule has 0 aromatic carbocycles. The minimum Gasteiger partial charge on any atom is -0.462 e. The van der Waals surface area contributed by atoms with Crippen LogP contribution in [0.15, 0.2) is 0 Å². The molecule has 0 amide bonds. The zero-order chi connectivity index (χ0) is 69.3. The molecule has 0 aliphatic heterocycles. The van der Waals surface area contributed by atoms with Crippen LogP contribution < -0.4 is 0 Å². The highest BCUT2D eigenvalue weighted by Crippen LogP contribution is 2.45. The predicted octanol–water partition coefficient (Wildman–Crippen LogP) is 21.9. The molecule has 558 valence electrons. The van der Waals surface area contributed by atoms with E-state index in [9.17, 15) is 43.2 Å². The van der Waals surface area contributed by atoms with E-state index < -0.39 is 97.5 Å². The smallest absolute Gasteiger partial charge is 0.462 e. The van der Waals surface area contributed by atoms with Crippen LogP contribution in [0.25, 0.3) is 0 Å². The fraction of sp³-hybridized carbons (Fsp3) is 0.947. The van der Waals surface area contributed by atoms with Crippen molar-refractivity contribution in [3.05, 3.63) is 0 Å². The van der Waals surface area contributed by atoms with Gasteiger partial charge in [-0.2, -0.15) is 0 Å². The first kappa shape index (κ1) is 92.1. The van der Waals surface area contributed by atoms with E-state index in [2.05, 4.69) is 41.5 Å². The van der Waals surface area contributed by atoms with Crippen molar-refractivity contribution in [2.75, 3.05) is 39.6 Å². The Balaban J connectivity index is 5.21. The van der Waals surface area contributed by atoms with E-state index in [-0.39, 0.29) is 25.7 Å². The molecular formula is C75H146O17P2. The molecule has 0 bridgehead atoms. The first-order valence-corrected chi connectivity index (χ1v) is 42.0. The molecule has 17 nitrogen and oxygen atoms in total. The maximum absolute atomic E-state index is 13.1. The van der Waals surface area contributed by atoms with Crippen molar-refractivity contribution >= 4 is 39.5 Å². The molecule has 0 heterocycles. The third-order valence-electron chi connectivity index (χ3n) is 17.5. The summed E-state index contributed by atoms with van der Waals surface area (Å²) in [5, 5.41) is 10.6. The number of phosphoric ester groups is 2. The van der Waals surface area contributed by atoms with Crippen LogP contribution in [-0.4, -0.2) is 96.7 Å². The van der Waals surface area contributed by atoms with E-state index in [1.165, 1.54) is 199 Å². The topological polar surface area (TPSA) is 237 Å². The monoisotopic (exact) mass is 1380 g/mol. The van der Waals surface area contributed by atoms with E-state index >= 15 is 0 Å². The van der Waals surface area contributed by atoms with Crippen LogP contribution in [0.3, 0.4) is 0 Å². The lowest BCUT2D eigenvalue weighted by Gasteiger charge is -2.21. The van der Waals surface area contributed by atoms with Crippen LogP contribution in [0.4, 0.5) is 0 Å². The van der Waals surface area contributed by atoms with Gasteiger partial charge in [0.15, 0.2) is 12.2 Å². The van der Waals surface area contributed by atoms with Gasteiger partial charge < -0.3 is 33.8 Å². The first-order valence-electron chi connectivity index (χ1n) is 39.0. The second-order valence-corrected chi connectivity index (χ2v) is 30.9. The predicted molar refractivity (Wildman–Crippen MR) is 381 cm³/mol. The normalized spacial score (nSPS) is 14.0. The van der Waals surface area contributed by atoms with Crippen LogP contribution in [0.5, 0.6) is 0 Å². The minimum atomic E-state index is -4.96. The van der Waals surface area contributed by atoms with Gasteiger partial charge in [0.25, 0.3) is 0 Å². The molecule has 0 aromatic rings. The lowest BCUT2D eigenvalue weighted by atomic mass is 10.0. The largest absolute Gasteiger partial charge is 0.472 e. The summed E-state index contributed by atoms with van der Waals surface area (Å²) in [7, 11) is -9.91. The molecule has 3 N–H and O–H groups in total. The maximum atomic E-state index is 13.1. The highest BCUT2D eigenvalue weighted by Gasteiger charge is 2.30. The number of esters is 4. The molecular weight excluding hydrogens is 1230 g/mol. The van der Waals surface area contributed by atoms with Crippen molar-refractivity contribution in [3.63, 3.8) is 0 Å². The van der Waals surface area contributed by atoms with Gasteiger partial charge in [-0.25, -0.2) is 9.13 Å². The molecule has 0 fully saturated rings. The third kappa shape index (κ3) is 68.6. The summed E-state index contributed by atoms with van der Waals surface area (Å²) in [5.41, 5.74) is 0. The number of rotatable bonds is 74. The quantitative estimate of drug-likeness (QED) is 0.0222. The Morgan fingerprint density at radius 3 is 0.723 bits per heavy atom. The number of hydrogen-bond acceptors (Lipinski definition) is 15. The number of hydrogen-bond donors (Lipinski definition) is 3. The first-order chi connectivity index (χ1) is 45.4. The van der Waals surface area contributed by atoms with Gasteiger partial charge in [0.1, 0.15) is 19.3 Å². The summed E-state index contributed by atoms with van der Waals surface area (Å²) in [6.07, 6.45) is 54.1. The van der Waals surface area contributed by atoms with E-state index in [1.54, 1.807) is 0 Å². The van der Waals surface area contributed by atoms with Crippen LogP contribution in [-0.2, 0) is 65.4 Å². The highest BCUT2D eigenvalue weighted by molar-refractivity contribution is 7.47. The zero-order valence-electron chi connectivity index (χ0n) is 61.3. The van der Waals surface area contributed by atoms with Crippen molar-refractivity contribution in [1.29, 1.82) is 0 Å². The number of aliphatic hydroxyl groups is 1. The van der Waals surface area contributed by atoms with Crippen LogP contribution in [0.1, 0.15) is 388 Å². The molecule has 5 atom stereocenters. The van der Waals surface area contributed by atoms with Gasteiger partial charge in [0, 0.05) is 25.7 Å². The van der Waals surface area contributed by atoms with Gasteiger partial charge in [0.2, 0.25) is 0 Å². The van der Waals surface area contributed by atoms with Crippen molar-refractivity contribution in [2.24, 2.45) is 11.8 Å². The molecule has 19 heteroatoms. The molecule has 0 aromatic heterocycles. The average Bonchev–Trinajstić information content (AvgIpc) is 1.26. The molecule has 94 heavy (non-hydrogen) atoms. The Kier molecular flexibility index (Phi) is 65.5. The summed E-state index contributed by atoms with van der Waals surface area (Å²) in [5.74, 6) is -0.582. The maximum Gasteiger partial charge on any atom is 0.472 e. The number of aliphatic hydroxyl groups excluding tert-OH is 1. The van der Waals surface area contributed by atoms with Gasteiger partial charge in [-0.1, -0.05) is 337 Å². The number of carbonyl (C=O) groups excluding carboxylic acids is 4.